The summed E-state index contributed by atoms with van der Waals surface area (Å²) in [6.07, 6.45) is 5.12. The lowest BCUT2D eigenvalue weighted by Crippen LogP contribution is -2.08. The molecule has 0 aliphatic rings. The number of carbonyl (C=O) groups excluding carboxylic acids is 1. The van der Waals surface area contributed by atoms with E-state index in [1.54, 1.807) is 18.7 Å². The lowest BCUT2D eigenvalue weighted by Gasteiger charge is -2.10. The maximum atomic E-state index is 13.2. The van der Waals surface area contributed by atoms with Crippen LogP contribution in [-0.2, 0) is 6.54 Å². The molecule has 0 saturated heterocycles. The lowest BCUT2D eigenvalue weighted by atomic mass is 10.2. The molecule has 0 bridgehead atoms. The van der Waals surface area contributed by atoms with E-state index in [-0.39, 0.29) is 11.5 Å². The lowest BCUT2D eigenvalue weighted by molar-refractivity contribution is 0.102. The Kier molecular flexibility index (Phi) is 6.14. The zero-order valence-corrected chi connectivity index (χ0v) is 19.7. The van der Waals surface area contributed by atoms with Crippen molar-refractivity contribution in [1.29, 1.82) is 0 Å². The van der Waals surface area contributed by atoms with Crippen LogP contribution in [0.3, 0.4) is 0 Å². The molecule has 4 heterocycles. The third kappa shape index (κ3) is 4.32. The fraction of sp³-hybridized carbons (Fsp3) is 0.154. The number of nitrogens with zero attached hydrogens (tertiary/aromatic N) is 5. The third-order valence-electron chi connectivity index (χ3n) is 5.69. The Hall–Kier alpha value is -3.91. The maximum absolute atomic E-state index is 13.2. The van der Waals surface area contributed by atoms with Crippen molar-refractivity contribution in [1.82, 2.24) is 24.3 Å². The van der Waals surface area contributed by atoms with Crippen LogP contribution in [-0.4, -0.2) is 35.9 Å². The number of rotatable bonds is 8. The zero-order chi connectivity index (χ0) is 23.5. The van der Waals surface area contributed by atoms with Crippen LogP contribution in [0.15, 0.2) is 88.9 Å². The van der Waals surface area contributed by atoms with E-state index in [2.05, 4.69) is 19.7 Å². The van der Waals surface area contributed by atoms with Crippen LogP contribution in [0, 0.1) is 13.8 Å². The minimum Gasteiger partial charge on any atom is -0.467 e. The summed E-state index contributed by atoms with van der Waals surface area (Å²) < 4.78 is 9.57. The summed E-state index contributed by atoms with van der Waals surface area (Å²) in [7, 11) is 0. The number of hydrogen-bond donors (Lipinski definition) is 0. The molecular weight excluding hydrogens is 446 g/mol. The highest BCUT2D eigenvalue weighted by Crippen LogP contribution is 2.28. The van der Waals surface area contributed by atoms with Crippen molar-refractivity contribution in [3.63, 3.8) is 0 Å². The zero-order valence-electron chi connectivity index (χ0n) is 18.9. The van der Waals surface area contributed by atoms with Gasteiger partial charge in [-0.2, -0.15) is 0 Å². The van der Waals surface area contributed by atoms with Gasteiger partial charge in [0.05, 0.1) is 18.6 Å². The van der Waals surface area contributed by atoms with Crippen molar-refractivity contribution >= 4 is 17.5 Å². The van der Waals surface area contributed by atoms with E-state index in [0.717, 1.165) is 34.0 Å². The van der Waals surface area contributed by atoms with E-state index in [4.69, 9.17) is 4.42 Å². The van der Waals surface area contributed by atoms with E-state index in [1.807, 2.05) is 79.1 Å². The van der Waals surface area contributed by atoms with Crippen molar-refractivity contribution in [3.8, 4) is 17.1 Å². The quantitative estimate of drug-likeness (QED) is 0.225. The van der Waals surface area contributed by atoms with Crippen molar-refractivity contribution in [2.24, 2.45) is 0 Å². The van der Waals surface area contributed by atoms with Gasteiger partial charge in [0.25, 0.3) is 0 Å². The minimum absolute atomic E-state index is 0.0527. The van der Waals surface area contributed by atoms with Gasteiger partial charge in [-0.3, -0.25) is 14.3 Å². The standard InChI is InChI=1S/C26H23N5O2S/c1-18-15-23(19(2)30(18)16-22-9-6-14-33-22)24(32)17-34-26-29-28-25(20-10-12-27-13-11-20)31(26)21-7-4-3-5-8-21/h3-15H,16-17H2,1-2H3. The van der Waals surface area contributed by atoms with Gasteiger partial charge in [0.2, 0.25) is 0 Å². The number of aromatic nitrogens is 5. The second-order valence-electron chi connectivity index (χ2n) is 7.88. The highest BCUT2D eigenvalue weighted by Gasteiger charge is 2.20. The first kappa shape index (κ1) is 21.9. The highest BCUT2D eigenvalue weighted by molar-refractivity contribution is 7.99. The van der Waals surface area contributed by atoms with Crippen LogP contribution in [0.25, 0.3) is 17.1 Å². The Bertz CT molecular complexity index is 1410. The van der Waals surface area contributed by atoms with Gasteiger partial charge in [0.15, 0.2) is 16.8 Å². The van der Waals surface area contributed by atoms with E-state index >= 15 is 0 Å². The topological polar surface area (TPSA) is 78.7 Å². The molecule has 0 saturated carbocycles. The van der Waals surface area contributed by atoms with Gasteiger partial charge in [0.1, 0.15) is 5.76 Å². The number of carbonyl (C=O) groups is 1. The molecular formula is C26H23N5O2S. The SMILES string of the molecule is Cc1cc(C(=O)CSc2nnc(-c3ccncc3)n2-c2ccccc2)c(C)n1Cc1ccco1. The average Bonchev–Trinajstić information content (AvgIpc) is 3.60. The van der Waals surface area contributed by atoms with Crippen LogP contribution in [0.5, 0.6) is 0 Å². The third-order valence-corrected chi connectivity index (χ3v) is 6.62. The Morgan fingerprint density at radius 2 is 1.79 bits per heavy atom. The first-order chi connectivity index (χ1) is 16.6. The smallest absolute Gasteiger partial charge is 0.196 e. The van der Waals surface area contributed by atoms with Crippen molar-refractivity contribution < 1.29 is 9.21 Å². The Morgan fingerprint density at radius 1 is 1.00 bits per heavy atom. The number of ketones is 1. The van der Waals surface area contributed by atoms with Crippen LogP contribution >= 0.6 is 11.8 Å². The Morgan fingerprint density at radius 3 is 2.53 bits per heavy atom. The molecule has 7 nitrogen and oxygen atoms in total. The molecule has 0 aliphatic heterocycles. The number of hydrogen-bond acceptors (Lipinski definition) is 6. The first-order valence-electron chi connectivity index (χ1n) is 10.9. The van der Waals surface area contributed by atoms with Crippen molar-refractivity contribution in [2.45, 2.75) is 25.5 Å². The summed E-state index contributed by atoms with van der Waals surface area (Å²) in [6.45, 7) is 4.58. The molecule has 0 amide bonds. The maximum Gasteiger partial charge on any atom is 0.196 e. The van der Waals surface area contributed by atoms with Gasteiger partial charge in [-0.25, -0.2) is 0 Å². The largest absolute Gasteiger partial charge is 0.467 e. The number of benzene rings is 1. The fourth-order valence-corrected chi connectivity index (χ4v) is 4.79. The van der Waals surface area contributed by atoms with Crippen LogP contribution in [0.4, 0.5) is 0 Å². The van der Waals surface area contributed by atoms with Crippen LogP contribution < -0.4 is 0 Å². The monoisotopic (exact) mass is 469 g/mol. The number of thioether (sulfide) groups is 1. The van der Waals surface area contributed by atoms with E-state index < -0.39 is 0 Å². The van der Waals surface area contributed by atoms with Gasteiger partial charge in [-0.15, -0.1) is 10.2 Å². The molecule has 0 atom stereocenters. The number of aryl methyl sites for hydroxylation is 1. The average molecular weight is 470 g/mol. The minimum atomic E-state index is 0.0527. The molecule has 0 spiro atoms. The molecule has 0 fully saturated rings. The summed E-state index contributed by atoms with van der Waals surface area (Å²) in [4.78, 5) is 17.3. The number of furan rings is 1. The molecule has 5 aromatic rings. The van der Waals surface area contributed by atoms with Gasteiger partial charge >= 0.3 is 0 Å². The van der Waals surface area contributed by atoms with Crippen molar-refractivity contribution in [2.75, 3.05) is 5.75 Å². The summed E-state index contributed by atoms with van der Waals surface area (Å²) in [5, 5.41) is 9.51. The Balaban J connectivity index is 1.41. The molecule has 170 valence electrons. The summed E-state index contributed by atoms with van der Waals surface area (Å²) >= 11 is 1.39. The van der Waals surface area contributed by atoms with Gasteiger partial charge in [-0.05, 0) is 56.3 Å². The summed E-state index contributed by atoms with van der Waals surface area (Å²) in [6, 6.07) is 19.5. The van der Waals surface area contributed by atoms with E-state index in [1.165, 1.54) is 11.8 Å². The molecule has 0 radical (unpaired) electrons. The van der Waals surface area contributed by atoms with Crippen molar-refractivity contribution in [3.05, 3.63) is 102 Å². The van der Waals surface area contributed by atoms with Crippen LogP contribution in [0.1, 0.15) is 27.5 Å². The number of Topliss-reactive ketones (excluding diaryl/α,β-unsaturated/α-hetero) is 1. The number of para-hydroxylation sites is 1. The highest BCUT2D eigenvalue weighted by atomic mass is 32.2. The second kappa shape index (κ2) is 9.52. The molecule has 8 heteroatoms. The Labute approximate surface area is 201 Å². The van der Waals surface area contributed by atoms with Gasteiger partial charge < -0.3 is 8.98 Å². The molecule has 34 heavy (non-hydrogen) atoms. The van der Waals surface area contributed by atoms with Crippen LogP contribution in [0.2, 0.25) is 0 Å². The fourth-order valence-electron chi connectivity index (χ4n) is 3.95. The molecule has 0 aliphatic carbocycles. The first-order valence-corrected chi connectivity index (χ1v) is 11.9. The second-order valence-corrected chi connectivity index (χ2v) is 8.82. The molecule has 1 aromatic carbocycles. The molecule has 0 N–H and O–H groups in total. The molecule has 5 rings (SSSR count). The summed E-state index contributed by atoms with van der Waals surface area (Å²) in [5.74, 6) is 1.87. The molecule has 0 unspecified atom stereocenters. The predicted octanol–water partition coefficient (Wildman–Crippen LogP) is 5.36. The van der Waals surface area contributed by atoms with E-state index in [0.29, 0.717) is 17.5 Å². The van der Waals surface area contributed by atoms with Gasteiger partial charge in [-0.1, -0.05) is 30.0 Å². The van der Waals surface area contributed by atoms with E-state index in [9.17, 15) is 4.79 Å². The predicted molar refractivity (Wildman–Crippen MR) is 131 cm³/mol. The van der Waals surface area contributed by atoms with Gasteiger partial charge in [0, 0.05) is 40.6 Å². The summed E-state index contributed by atoms with van der Waals surface area (Å²) in [5.41, 5.74) is 4.52. The molecule has 4 aromatic heterocycles. The normalized spacial score (nSPS) is 11.1. The number of pyridine rings is 1.